The van der Waals surface area contributed by atoms with Crippen molar-refractivity contribution in [3.63, 3.8) is 0 Å². The number of hydroxylamine groups is 2. The van der Waals surface area contributed by atoms with Gasteiger partial charge >= 0.3 is 5.97 Å². The number of aryl methyl sites for hydroxylation is 1. The van der Waals surface area contributed by atoms with E-state index in [1.807, 2.05) is 30.3 Å². The van der Waals surface area contributed by atoms with Gasteiger partial charge in [-0.1, -0.05) is 47.5 Å². The first-order valence-corrected chi connectivity index (χ1v) is 7.39. The fourth-order valence-corrected chi connectivity index (χ4v) is 2.48. The highest BCUT2D eigenvalue weighted by Crippen LogP contribution is 2.23. The van der Waals surface area contributed by atoms with Gasteiger partial charge in [0.15, 0.2) is 0 Å². The van der Waals surface area contributed by atoms with Gasteiger partial charge in [-0.25, -0.2) is 4.79 Å². The van der Waals surface area contributed by atoms with Gasteiger partial charge in [0.05, 0.1) is 11.1 Å². The van der Waals surface area contributed by atoms with E-state index in [1.165, 1.54) is 0 Å². The third-order valence-electron chi connectivity index (χ3n) is 3.64. The molecule has 0 unspecified atom stereocenters. The van der Waals surface area contributed by atoms with Gasteiger partial charge in [0.2, 0.25) is 0 Å². The lowest BCUT2D eigenvalue weighted by molar-refractivity contribution is -0.168. The van der Waals surface area contributed by atoms with Crippen molar-refractivity contribution >= 4 is 17.8 Å². The number of fused-ring (bicyclic) bond motifs is 1. The lowest BCUT2D eigenvalue weighted by Crippen LogP contribution is -2.32. The minimum absolute atomic E-state index is 0.141. The first-order chi connectivity index (χ1) is 11.2. The second kappa shape index (κ2) is 6.44. The zero-order chi connectivity index (χ0) is 16.2. The van der Waals surface area contributed by atoms with E-state index in [0.29, 0.717) is 11.5 Å². The summed E-state index contributed by atoms with van der Waals surface area (Å²) in [6.45, 7) is 0. The summed E-state index contributed by atoms with van der Waals surface area (Å²) in [7, 11) is 0. The molecule has 1 heterocycles. The van der Waals surface area contributed by atoms with Crippen LogP contribution in [0, 0.1) is 0 Å². The molecule has 3 rings (SSSR count). The molecule has 5 heteroatoms. The highest BCUT2D eigenvalue weighted by Gasteiger charge is 2.38. The van der Waals surface area contributed by atoms with Crippen LogP contribution in [0.2, 0.25) is 0 Å². The minimum Gasteiger partial charge on any atom is -0.330 e. The molecule has 5 nitrogen and oxygen atoms in total. The predicted octanol–water partition coefficient (Wildman–Crippen LogP) is 2.76. The standard InChI is InChI=1S/C18H15NO4/c20-16(12-6-9-13-7-2-1-3-8-13)23-19-17(21)14-10-4-5-11-15(14)18(19)22/h1-5,7-8,10-11H,6,9,12H2. The highest BCUT2D eigenvalue weighted by molar-refractivity contribution is 6.20. The number of nitrogens with zero attached hydrogens (tertiary/aromatic N) is 1. The van der Waals surface area contributed by atoms with Crippen molar-refractivity contribution in [2.24, 2.45) is 0 Å². The topological polar surface area (TPSA) is 63.7 Å². The number of carbonyl (C=O) groups is 3. The van der Waals surface area contributed by atoms with Gasteiger partial charge in [-0.05, 0) is 30.5 Å². The molecule has 0 N–H and O–H groups in total. The van der Waals surface area contributed by atoms with Crippen LogP contribution in [0.25, 0.3) is 0 Å². The predicted molar refractivity (Wildman–Crippen MR) is 82.4 cm³/mol. The molecule has 0 atom stereocenters. The van der Waals surface area contributed by atoms with Crippen LogP contribution in [0.3, 0.4) is 0 Å². The first-order valence-electron chi connectivity index (χ1n) is 7.39. The molecule has 0 saturated carbocycles. The van der Waals surface area contributed by atoms with Crippen molar-refractivity contribution in [3.8, 4) is 0 Å². The van der Waals surface area contributed by atoms with Crippen LogP contribution in [0.5, 0.6) is 0 Å². The van der Waals surface area contributed by atoms with Crippen LogP contribution >= 0.6 is 0 Å². The fourth-order valence-electron chi connectivity index (χ4n) is 2.48. The van der Waals surface area contributed by atoms with E-state index >= 15 is 0 Å². The van der Waals surface area contributed by atoms with Crippen molar-refractivity contribution in [1.29, 1.82) is 0 Å². The average Bonchev–Trinajstić information content (AvgIpc) is 2.81. The van der Waals surface area contributed by atoms with Crippen LogP contribution in [-0.2, 0) is 16.1 Å². The van der Waals surface area contributed by atoms with E-state index in [4.69, 9.17) is 4.84 Å². The second-order valence-corrected chi connectivity index (χ2v) is 5.25. The molecular weight excluding hydrogens is 294 g/mol. The van der Waals surface area contributed by atoms with Crippen LogP contribution in [-0.4, -0.2) is 22.8 Å². The third-order valence-corrected chi connectivity index (χ3v) is 3.64. The summed E-state index contributed by atoms with van der Waals surface area (Å²) in [6, 6.07) is 16.2. The maximum absolute atomic E-state index is 12.1. The molecule has 23 heavy (non-hydrogen) atoms. The smallest absolute Gasteiger partial charge is 0.330 e. The average molecular weight is 309 g/mol. The second-order valence-electron chi connectivity index (χ2n) is 5.25. The minimum atomic E-state index is -0.595. The molecule has 1 aliphatic heterocycles. The Kier molecular flexibility index (Phi) is 4.19. The van der Waals surface area contributed by atoms with Gasteiger partial charge in [-0.2, -0.15) is 0 Å². The molecule has 0 saturated heterocycles. The number of rotatable bonds is 5. The van der Waals surface area contributed by atoms with E-state index in [2.05, 4.69) is 0 Å². The Morgan fingerprint density at radius 3 is 2.04 bits per heavy atom. The molecule has 0 aromatic heterocycles. The number of hydrogen-bond donors (Lipinski definition) is 0. The lowest BCUT2D eigenvalue weighted by Gasteiger charge is -2.12. The molecule has 116 valence electrons. The molecule has 2 amide bonds. The number of carbonyl (C=O) groups excluding carboxylic acids is 3. The van der Waals surface area contributed by atoms with E-state index in [1.54, 1.807) is 24.3 Å². The zero-order valence-corrected chi connectivity index (χ0v) is 12.4. The van der Waals surface area contributed by atoms with E-state index in [-0.39, 0.29) is 17.5 Å². The summed E-state index contributed by atoms with van der Waals surface area (Å²) in [5.74, 6) is -1.78. The number of imide groups is 1. The maximum atomic E-state index is 12.1. The Bertz CT molecular complexity index is 720. The van der Waals surface area contributed by atoms with Gasteiger partial charge in [-0.15, -0.1) is 0 Å². The largest absolute Gasteiger partial charge is 0.333 e. The molecule has 2 aromatic rings. The summed E-state index contributed by atoms with van der Waals surface area (Å²) in [5.41, 5.74) is 1.64. The molecule has 0 fully saturated rings. The molecule has 0 aliphatic carbocycles. The van der Waals surface area contributed by atoms with Crippen molar-refractivity contribution in [1.82, 2.24) is 5.06 Å². The Morgan fingerprint density at radius 1 is 0.870 bits per heavy atom. The van der Waals surface area contributed by atoms with Gasteiger partial charge in [0.25, 0.3) is 11.8 Å². The normalized spacial score (nSPS) is 13.1. The molecule has 0 spiro atoms. The van der Waals surface area contributed by atoms with Crippen LogP contribution in [0.1, 0.15) is 39.1 Å². The highest BCUT2D eigenvalue weighted by atomic mass is 16.7. The number of hydrogen-bond acceptors (Lipinski definition) is 4. The first kappa shape index (κ1) is 15.0. The Balaban J connectivity index is 1.55. The SMILES string of the molecule is O=C(CCCc1ccccc1)ON1C(=O)c2ccccc2C1=O. The van der Waals surface area contributed by atoms with E-state index < -0.39 is 17.8 Å². The molecule has 2 aromatic carbocycles. The Morgan fingerprint density at radius 2 is 1.43 bits per heavy atom. The van der Waals surface area contributed by atoms with Crippen molar-refractivity contribution < 1.29 is 19.2 Å². The third kappa shape index (κ3) is 3.13. The monoisotopic (exact) mass is 309 g/mol. The van der Waals surface area contributed by atoms with Crippen molar-refractivity contribution in [2.45, 2.75) is 19.3 Å². The van der Waals surface area contributed by atoms with Gasteiger partial charge in [-0.3, -0.25) is 9.59 Å². The summed E-state index contributed by atoms with van der Waals surface area (Å²) in [5, 5.41) is 0.551. The van der Waals surface area contributed by atoms with Crippen LogP contribution in [0.15, 0.2) is 54.6 Å². The maximum Gasteiger partial charge on any atom is 0.333 e. The van der Waals surface area contributed by atoms with Crippen molar-refractivity contribution in [2.75, 3.05) is 0 Å². The van der Waals surface area contributed by atoms with Crippen LogP contribution < -0.4 is 0 Å². The summed E-state index contributed by atoms with van der Waals surface area (Å²) in [4.78, 5) is 40.9. The summed E-state index contributed by atoms with van der Waals surface area (Å²) >= 11 is 0. The van der Waals surface area contributed by atoms with E-state index in [0.717, 1.165) is 12.0 Å². The quantitative estimate of drug-likeness (QED) is 0.797. The summed E-state index contributed by atoms with van der Waals surface area (Å²) < 4.78 is 0. The van der Waals surface area contributed by atoms with Gasteiger partial charge in [0.1, 0.15) is 0 Å². The number of benzene rings is 2. The Hall–Kier alpha value is -2.95. The van der Waals surface area contributed by atoms with Gasteiger partial charge in [0, 0.05) is 6.42 Å². The lowest BCUT2D eigenvalue weighted by atomic mass is 10.1. The molecular formula is C18H15NO4. The van der Waals surface area contributed by atoms with Crippen LogP contribution in [0.4, 0.5) is 0 Å². The van der Waals surface area contributed by atoms with Crippen molar-refractivity contribution in [3.05, 3.63) is 71.3 Å². The molecule has 0 radical (unpaired) electrons. The zero-order valence-electron chi connectivity index (χ0n) is 12.4. The summed E-state index contributed by atoms with van der Waals surface area (Å²) in [6.07, 6.45) is 1.46. The molecule has 1 aliphatic rings. The number of amides is 2. The fraction of sp³-hybridized carbons (Fsp3) is 0.167. The van der Waals surface area contributed by atoms with Gasteiger partial charge < -0.3 is 4.84 Å². The molecule has 0 bridgehead atoms. The Labute approximate surface area is 133 Å². The van der Waals surface area contributed by atoms with E-state index in [9.17, 15) is 14.4 Å².